The third kappa shape index (κ3) is 3.95. The molecule has 0 aliphatic carbocycles. The molecule has 0 saturated carbocycles. The zero-order chi connectivity index (χ0) is 15.2. The number of esters is 1. The van der Waals surface area contributed by atoms with E-state index in [9.17, 15) is 4.79 Å². The lowest BCUT2D eigenvalue weighted by Crippen LogP contribution is -2.20. The molecule has 0 aliphatic rings. The number of rotatable bonds is 6. The lowest BCUT2D eigenvalue weighted by molar-refractivity contribution is 0.0594. The van der Waals surface area contributed by atoms with Crippen LogP contribution in [0.3, 0.4) is 0 Å². The Balaban J connectivity index is 1.98. The summed E-state index contributed by atoms with van der Waals surface area (Å²) >= 11 is 0. The number of aromatic amines is 1. The van der Waals surface area contributed by atoms with Crippen molar-refractivity contribution >= 4 is 5.97 Å². The van der Waals surface area contributed by atoms with Crippen molar-refractivity contribution < 1.29 is 9.53 Å². The monoisotopic (exact) mass is 286 g/mol. The molecule has 0 amide bonds. The van der Waals surface area contributed by atoms with Crippen LogP contribution in [0.4, 0.5) is 0 Å². The number of hydrogen-bond acceptors (Lipinski definition) is 3. The summed E-state index contributed by atoms with van der Waals surface area (Å²) in [4.78, 5) is 14.5. The minimum absolute atomic E-state index is 0.301. The number of benzene rings is 1. The van der Waals surface area contributed by atoms with Gasteiger partial charge in [-0.2, -0.15) is 0 Å². The zero-order valence-electron chi connectivity index (χ0n) is 12.8. The van der Waals surface area contributed by atoms with E-state index in [4.69, 9.17) is 0 Å². The molecular formula is C17H22N2O2. The summed E-state index contributed by atoms with van der Waals surface area (Å²) in [5, 5.41) is 3.51. The predicted molar refractivity (Wildman–Crippen MR) is 83.2 cm³/mol. The first-order valence-electron chi connectivity index (χ1n) is 7.20. The van der Waals surface area contributed by atoms with Crippen LogP contribution in [0.15, 0.2) is 36.4 Å². The van der Waals surface area contributed by atoms with Gasteiger partial charge in [0.1, 0.15) is 5.69 Å². The van der Waals surface area contributed by atoms with E-state index in [0.717, 1.165) is 12.1 Å². The normalized spacial score (nSPS) is 12.1. The van der Waals surface area contributed by atoms with Crippen molar-refractivity contribution in [1.82, 2.24) is 10.3 Å². The van der Waals surface area contributed by atoms with Crippen molar-refractivity contribution in [3.63, 3.8) is 0 Å². The number of aryl methyl sites for hydroxylation is 1. The Morgan fingerprint density at radius 2 is 1.95 bits per heavy atom. The Hall–Kier alpha value is -2.07. The van der Waals surface area contributed by atoms with Crippen LogP contribution >= 0.6 is 0 Å². The molecule has 1 heterocycles. The zero-order valence-corrected chi connectivity index (χ0v) is 12.8. The van der Waals surface area contributed by atoms with Gasteiger partial charge in [0.25, 0.3) is 0 Å². The molecule has 4 heteroatoms. The highest BCUT2D eigenvalue weighted by Gasteiger charge is 2.11. The Morgan fingerprint density at radius 3 is 2.57 bits per heavy atom. The fourth-order valence-electron chi connectivity index (χ4n) is 2.30. The van der Waals surface area contributed by atoms with Gasteiger partial charge in [-0.15, -0.1) is 0 Å². The van der Waals surface area contributed by atoms with Gasteiger partial charge in [-0.3, -0.25) is 0 Å². The van der Waals surface area contributed by atoms with E-state index >= 15 is 0 Å². The molecule has 1 aromatic heterocycles. The first-order valence-corrected chi connectivity index (χ1v) is 7.20. The summed E-state index contributed by atoms with van der Waals surface area (Å²) in [6.07, 6.45) is 1.01. The second-order valence-corrected chi connectivity index (χ2v) is 5.14. The summed E-state index contributed by atoms with van der Waals surface area (Å²) < 4.78 is 4.69. The first kappa shape index (κ1) is 15.3. The third-order valence-electron chi connectivity index (χ3n) is 3.58. The standard InChI is InChI=1S/C17H22N2O2/c1-4-15(13-7-5-12(2)6-8-13)18-11-14-9-10-16(19-14)17(20)21-3/h5-10,15,18-19H,4,11H2,1-3H3. The number of nitrogens with one attached hydrogen (secondary N) is 2. The lowest BCUT2D eigenvalue weighted by Gasteiger charge is -2.17. The quantitative estimate of drug-likeness (QED) is 0.801. The molecule has 21 heavy (non-hydrogen) atoms. The molecular weight excluding hydrogens is 264 g/mol. The van der Waals surface area contributed by atoms with Gasteiger partial charge in [0, 0.05) is 18.3 Å². The molecule has 0 bridgehead atoms. The molecule has 112 valence electrons. The molecule has 0 saturated heterocycles. The molecule has 0 aliphatic heterocycles. The van der Waals surface area contributed by atoms with Crippen molar-refractivity contribution in [3.05, 3.63) is 58.9 Å². The summed E-state index contributed by atoms with van der Waals surface area (Å²) in [6, 6.07) is 12.5. The minimum atomic E-state index is -0.341. The van der Waals surface area contributed by atoms with E-state index in [2.05, 4.69) is 53.2 Å². The summed E-state index contributed by atoms with van der Waals surface area (Å²) in [7, 11) is 1.38. The highest BCUT2D eigenvalue weighted by atomic mass is 16.5. The highest BCUT2D eigenvalue weighted by Crippen LogP contribution is 2.17. The molecule has 0 fully saturated rings. The van der Waals surface area contributed by atoms with Gasteiger partial charge in [0.2, 0.25) is 0 Å². The van der Waals surface area contributed by atoms with Gasteiger partial charge in [-0.25, -0.2) is 4.79 Å². The van der Waals surface area contributed by atoms with E-state index in [1.165, 1.54) is 18.2 Å². The van der Waals surface area contributed by atoms with Crippen LogP contribution in [0.5, 0.6) is 0 Å². The summed E-state index contributed by atoms with van der Waals surface area (Å²) in [5.74, 6) is -0.341. The minimum Gasteiger partial charge on any atom is -0.464 e. The maximum absolute atomic E-state index is 11.4. The second-order valence-electron chi connectivity index (χ2n) is 5.14. The van der Waals surface area contributed by atoms with E-state index in [1.54, 1.807) is 6.07 Å². The number of hydrogen-bond donors (Lipinski definition) is 2. The Labute approximate surface area is 125 Å². The van der Waals surface area contributed by atoms with E-state index in [1.807, 2.05) is 6.07 Å². The molecule has 2 rings (SSSR count). The third-order valence-corrected chi connectivity index (χ3v) is 3.58. The average molecular weight is 286 g/mol. The summed E-state index contributed by atoms with van der Waals surface area (Å²) in [6.45, 7) is 4.93. The molecule has 2 N–H and O–H groups in total. The lowest BCUT2D eigenvalue weighted by atomic mass is 10.0. The van der Waals surface area contributed by atoms with Crippen molar-refractivity contribution in [1.29, 1.82) is 0 Å². The van der Waals surface area contributed by atoms with Gasteiger partial charge in [0.05, 0.1) is 7.11 Å². The van der Waals surface area contributed by atoms with Crippen LogP contribution in [-0.4, -0.2) is 18.1 Å². The molecule has 2 aromatic rings. The topological polar surface area (TPSA) is 54.1 Å². The van der Waals surface area contributed by atoms with Gasteiger partial charge in [0.15, 0.2) is 0 Å². The Bertz CT molecular complexity index is 587. The van der Waals surface area contributed by atoms with Crippen LogP contribution in [0, 0.1) is 6.92 Å². The maximum atomic E-state index is 11.4. The highest BCUT2D eigenvalue weighted by molar-refractivity contribution is 5.87. The van der Waals surface area contributed by atoms with Crippen LogP contribution in [0.2, 0.25) is 0 Å². The van der Waals surface area contributed by atoms with Crippen molar-refractivity contribution in [2.24, 2.45) is 0 Å². The Kier molecular flexibility index (Phi) is 5.17. The average Bonchev–Trinajstić information content (AvgIpc) is 2.97. The van der Waals surface area contributed by atoms with Crippen molar-refractivity contribution in [2.75, 3.05) is 7.11 Å². The van der Waals surface area contributed by atoms with Crippen LogP contribution < -0.4 is 5.32 Å². The molecule has 1 unspecified atom stereocenters. The van der Waals surface area contributed by atoms with E-state index < -0.39 is 0 Å². The van der Waals surface area contributed by atoms with Crippen LogP contribution in [-0.2, 0) is 11.3 Å². The van der Waals surface area contributed by atoms with Crippen LogP contribution in [0.1, 0.15) is 46.7 Å². The fourth-order valence-corrected chi connectivity index (χ4v) is 2.30. The molecule has 4 nitrogen and oxygen atoms in total. The smallest absolute Gasteiger partial charge is 0.354 e. The number of carbonyl (C=O) groups is 1. The van der Waals surface area contributed by atoms with E-state index in [-0.39, 0.29) is 5.97 Å². The summed E-state index contributed by atoms with van der Waals surface area (Å²) in [5.41, 5.74) is 4.00. The first-order chi connectivity index (χ1) is 10.1. The Morgan fingerprint density at radius 1 is 1.24 bits per heavy atom. The molecule has 1 atom stereocenters. The van der Waals surface area contributed by atoms with Crippen molar-refractivity contribution in [3.8, 4) is 0 Å². The maximum Gasteiger partial charge on any atom is 0.354 e. The number of carbonyl (C=O) groups excluding carboxylic acids is 1. The fraction of sp³-hybridized carbons (Fsp3) is 0.353. The number of methoxy groups -OCH3 is 1. The van der Waals surface area contributed by atoms with Gasteiger partial charge in [-0.1, -0.05) is 36.8 Å². The SMILES string of the molecule is CCC(NCc1ccc(C(=O)OC)[nH]1)c1ccc(C)cc1. The molecule has 1 aromatic carbocycles. The molecule has 0 radical (unpaired) electrons. The van der Waals surface area contributed by atoms with Gasteiger partial charge < -0.3 is 15.0 Å². The second kappa shape index (κ2) is 7.09. The number of aromatic nitrogens is 1. The van der Waals surface area contributed by atoms with Crippen LogP contribution in [0.25, 0.3) is 0 Å². The predicted octanol–water partition coefficient (Wildman–Crippen LogP) is 3.35. The number of H-pyrrole nitrogens is 1. The largest absolute Gasteiger partial charge is 0.464 e. The number of ether oxygens (including phenoxy) is 1. The van der Waals surface area contributed by atoms with Gasteiger partial charge in [-0.05, 0) is 31.0 Å². The molecule has 0 spiro atoms. The van der Waals surface area contributed by atoms with Gasteiger partial charge >= 0.3 is 5.97 Å². The van der Waals surface area contributed by atoms with Crippen molar-refractivity contribution in [2.45, 2.75) is 32.9 Å². The van der Waals surface area contributed by atoms with E-state index in [0.29, 0.717) is 18.3 Å².